The fourth-order valence-corrected chi connectivity index (χ4v) is 8.02. The first-order chi connectivity index (χ1) is 16.6. The highest BCUT2D eigenvalue weighted by Crippen LogP contribution is 2.49. The van der Waals surface area contributed by atoms with Crippen LogP contribution in [0.2, 0.25) is 0 Å². The van der Waals surface area contributed by atoms with Gasteiger partial charge in [-0.05, 0) is 13.8 Å². The van der Waals surface area contributed by atoms with Crippen LogP contribution in [0.1, 0.15) is 13.8 Å². The summed E-state index contributed by atoms with van der Waals surface area (Å²) in [5.41, 5.74) is 0. The van der Waals surface area contributed by atoms with Gasteiger partial charge >= 0.3 is 27.6 Å². The summed E-state index contributed by atoms with van der Waals surface area (Å²) in [6, 6.07) is 0. The van der Waals surface area contributed by atoms with Crippen LogP contribution in [0.25, 0.3) is 0 Å². The van der Waals surface area contributed by atoms with Crippen LogP contribution >= 0.6 is 0 Å². The van der Waals surface area contributed by atoms with Crippen LogP contribution in [0.3, 0.4) is 0 Å². The summed E-state index contributed by atoms with van der Waals surface area (Å²) in [5, 5.41) is -13.9. The molecule has 0 amide bonds. The summed E-state index contributed by atoms with van der Waals surface area (Å²) in [4.78, 5) is 0. The van der Waals surface area contributed by atoms with E-state index in [-0.39, 0.29) is 6.61 Å². The topological polar surface area (TPSA) is 90.0 Å². The van der Waals surface area contributed by atoms with Crippen LogP contribution < -0.4 is 0 Å². The minimum Gasteiger partial charge on any atom is -0.379 e. The van der Waals surface area contributed by atoms with Gasteiger partial charge in [-0.25, -0.2) is 16.8 Å². The van der Waals surface area contributed by atoms with Gasteiger partial charge in [-0.3, -0.25) is 4.48 Å². The highest BCUT2D eigenvalue weighted by Gasteiger charge is 2.80. The Bertz CT molecular complexity index is 934. The van der Waals surface area contributed by atoms with Crippen molar-refractivity contribution in [2.24, 2.45) is 0 Å². The zero-order valence-corrected chi connectivity index (χ0v) is 23.0. The summed E-state index contributed by atoms with van der Waals surface area (Å²) in [7, 11) is -10.5. The van der Waals surface area contributed by atoms with E-state index in [1.165, 1.54) is 13.1 Å². The van der Waals surface area contributed by atoms with E-state index in [9.17, 15) is 60.7 Å². The number of halogens is 10. The fraction of sp³-hybridized carbons (Fsp3) is 1.00. The van der Waals surface area contributed by atoms with Crippen LogP contribution in [0.4, 0.5) is 43.9 Å². The molecule has 230 valence electrons. The normalized spacial score (nSPS) is 18.3. The van der Waals surface area contributed by atoms with Crippen LogP contribution in [0.5, 0.6) is 0 Å². The van der Waals surface area contributed by atoms with Gasteiger partial charge in [-0.15, -0.1) is 0 Å². The highest BCUT2D eigenvalue weighted by molar-refractivity contribution is 8.09. The number of ether oxygens (including phenoxy) is 2. The summed E-state index contributed by atoms with van der Waals surface area (Å²) >= 11 is 0. The zero-order chi connectivity index (χ0) is 30.8. The molecule has 0 spiro atoms. The van der Waals surface area contributed by atoms with Gasteiger partial charge in [-0.2, -0.15) is 43.9 Å². The van der Waals surface area contributed by atoms with Gasteiger partial charge in [0.2, 0.25) is 0 Å². The molecule has 0 aromatic carbocycles. The number of alkyl halides is 10. The molecule has 0 aromatic rings. The van der Waals surface area contributed by atoms with Crippen molar-refractivity contribution < 1.29 is 79.2 Å². The van der Waals surface area contributed by atoms with Gasteiger partial charge < -0.3 is 14.0 Å². The Hall–Kier alpha value is -0.960. The zero-order valence-electron chi connectivity index (χ0n) is 21.3. The number of likely N-dealkylation sites (N-methyl/N-ethyl adjacent to an activating group) is 2. The lowest BCUT2D eigenvalue weighted by molar-refractivity contribution is -0.906. The molecule has 1 saturated heterocycles. The number of hydrogen-bond acceptors (Lipinski definition) is 6. The number of hydrogen-bond donors (Lipinski definition) is 0. The lowest BCUT2D eigenvalue weighted by atomic mass is 10.4. The van der Waals surface area contributed by atoms with Crippen LogP contribution in [-0.4, -0.2) is 127 Å². The van der Waals surface area contributed by atoms with Crippen molar-refractivity contribution in [2.45, 2.75) is 47.5 Å². The molecule has 1 rings (SSSR count). The Morgan fingerprint density at radius 3 is 1.39 bits per heavy atom. The molecular weight excluding hydrogens is 594 g/mol. The predicted molar refractivity (Wildman–Crippen MR) is 114 cm³/mol. The van der Waals surface area contributed by atoms with Gasteiger partial charge in [0.05, 0.1) is 47.4 Å². The molecule has 0 radical (unpaired) electrons. The third-order valence-corrected chi connectivity index (χ3v) is 11.5. The van der Waals surface area contributed by atoms with Crippen LogP contribution in [0.15, 0.2) is 0 Å². The molecule has 1 aliphatic rings. The van der Waals surface area contributed by atoms with Crippen molar-refractivity contribution in [3.63, 3.8) is 0 Å². The van der Waals surface area contributed by atoms with Crippen LogP contribution in [0, 0.1) is 0 Å². The maximum Gasteiger partial charge on any atom is 0.469 e. The first kappa shape index (κ1) is 37.0. The van der Waals surface area contributed by atoms with Gasteiger partial charge in [-0.1, -0.05) is 0 Å². The Morgan fingerprint density at radius 1 is 0.816 bits per heavy atom. The van der Waals surface area contributed by atoms with E-state index < -0.39 is 64.4 Å². The second-order valence-corrected chi connectivity index (χ2v) is 13.7. The monoisotopic (exact) mass is 626 g/mol. The minimum absolute atomic E-state index is 0.278. The van der Waals surface area contributed by atoms with E-state index in [4.69, 9.17) is 4.74 Å². The second-order valence-electron chi connectivity index (χ2n) is 9.31. The SMILES string of the molecule is CC[N+](C)(CC)CCOC.C[N+](C)(CC1CO1)C(S(=O)(=O)C(F)(F)C(F)(F)F)S(=O)(=O)C(F)(F)C(F)(F)F. The molecule has 38 heavy (non-hydrogen) atoms. The van der Waals surface area contributed by atoms with Crippen LogP contribution in [-0.2, 0) is 29.1 Å². The lowest BCUT2D eigenvalue weighted by Crippen LogP contribution is -2.67. The Balaban J connectivity index is 0.00000115. The molecule has 1 aliphatic heterocycles. The number of quaternary nitrogens is 2. The van der Waals surface area contributed by atoms with Gasteiger partial charge in [0, 0.05) is 7.11 Å². The Morgan fingerprint density at radius 2 is 1.16 bits per heavy atom. The molecular formula is C18H32F10N2O6S2+2. The Labute approximate surface area is 214 Å². The van der Waals surface area contributed by atoms with Crippen molar-refractivity contribution in [1.29, 1.82) is 0 Å². The van der Waals surface area contributed by atoms with Crippen molar-refractivity contribution in [3.8, 4) is 0 Å². The first-order valence-electron chi connectivity index (χ1n) is 10.8. The second kappa shape index (κ2) is 11.9. The molecule has 0 N–H and O–H groups in total. The first-order valence-corrected chi connectivity index (χ1v) is 13.8. The predicted octanol–water partition coefficient (Wildman–Crippen LogP) is 3.00. The minimum atomic E-state index is -7.54. The Kier molecular flexibility index (Phi) is 11.6. The van der Waals surface area contributed by atoms with Gasteiger partial charge in [0.25, 0.3) is 19.7 Å². The average Bonchev–Trinajstić information content (AvgIpc) is 3.53. The fourth-order valence-electron chi connectivity index (χ4n) is 3.13. The maximum atomic E-state index is 13.5. The molecule has 1 fully saturated rings. The lowest BCUT2D eigenvalue weighted by Gasteiger charge is -2.39. The highest BCUT2D eigenvalue weighted by atomic mass is 32.3. The number of rotatable bonds is 12. The number of methoxy groups -OCH3 is 1. The van der Waals surface area contributed by atoms with E-state index in [0.717, 1.165) is 17.6 Å². The molecule has 0 bridgehead atoms. The third kappa shape index (κ3) is 7.82. The van der Waals surface area contributed by atoms with Crippen molar-refractivity contribution >= 4 is 19.7 Å². The molecule has 0 aliphatic carbocycles. The maximum absolute atomic E-state index is 13.5. The van der Waals surface area contributed by atoms with Gasteiger partial charge in [0.1, 0.15) is 19.2 Å². The number of nitrogens with zero attached hydrogens (tertiary/aromatic N) is 2. The number of sulfone groups is 2. The summed E-state index contributed by atoms with van der Waals surface area (Å²) < 4.78 is 181. The van der Waals surface area contributed by atoms with E-state index in [0.29, 0.717) is 14.1 Å². The molecule has 1 heterocycles. The summed E-state index contributed by atoms with van der Waals surface area (Å²) in [6.07, 6.45) is -15.1. The molecule has 1 atom stereocenters. The van der Waals surface area contributed by atoms with Crippen molar-refractivity contribution in [2.75, 3.05) is 67.6 Å². The van der Waals surface area contributed by atoms with E-state index in [2.05, 4.69) is 25.6 Å². The van der Waals surface area contributed by atoms with Gasteiger partial charge in [0.15, 0.2) is 0 Å². The molecule has 0 saturated carbocycles. The van der Waals surface area contributed by atoms with E-state index in [1.54, 1.807) is 7.11 Å². The largest absolute Gasteiger partial charge is 0.469 e. The molecule has 0 aromatic heterocycles. The molecule has 8 nitrogen and oxygen atoms in total. The smallest absolute Gasteiger partial charge is 0.379 e. The number of epoxide rings is 1. The quantitative estimate of drug-likeness (QED) is 0.188. The van der Waals surface area contributed by atoms with Crippen molar-refractivity contribution in [3.05, 3.63) is 0 Å². The molecule has 1 unspecified atom stereocenters. The average molecular weight is 627 g/mol. The third-order valence-electron chi connectivity index (χ3n) is 5.91. The summed E-state index contributed by atoms with van der Waals surface area (Å²) in [5.74, 6) is 0. The molecule has 20 heteroatoms. The van der Waals surface area contributed by atoms with E-state index >= 15 is 0 Å². The summed E-state index contributed by atoms with van der Waals surface area (Å²) in [6.45, 7) is 7.49. The van der Waals surface area contributed by atoms with E-state index in [1.807, 2.05) is 0 Å². The van der Waals surface area contributed by atoms with Crippen molar-refractivity contribution in [1.82, 2.24) is 0 Å². The standard InChI is InChI=1S/C10H12F10NO5S2.C8H20NO/c1-21(2,3-5-4-26-5)6(27(22,23)9(17,18)7(11,12)13)28(24,25)10(19,20)8(14,15)16;1-5-9(3,6-2)7-8-10-4/h5-6H,3-4H2,1-2H3;5-8H2,1-4H3/q2*+1.